The molecule has 2 aliphatic heterocycles. The van der Waals surface area contributed by atoms with Crippen LogP contribution in [0.15, 0.2) is 142 Å². The normalized spacial score (nSPS) is 19.5. The maximum Gasteiger partial charge on any atom is 0.245 e. The molecule has 3 aliphatic carbocycles. The fraction of sp³-hybridized carbons (Fsp3) is 0.505. The summed E-state index contributed by atoms with van der Waals surface area (Å²) >= 11 is 19.5. The number of para-hydroxylation sites is 3. The van der Waals surface area contributed by atoms with E-state index in [1.165, 1.54) is 86.3 Å². The van der Waals surface area contributed by atoms with Crippen molar-refractivity contribution in [1.82, 2.24) is 58.1 Å². The summed E-state index contributed by atoms with van der Waals surface area (Å²) in [7, 11) is 6.51. The highest BCUT2D eigenvalue weighted by Gasteiger charge is 2.38. The molecule has 6 aromatic carbocycles. The van der Waals surface area contributed by atoms with Gasteiger partial charge in [0.2, 0.25) is 37.9 Å². The largest absolute Gasteiger partial charge is 0.489 e. The number of hydrogen-bond acceptors (Lipinski definition) is 25. The molecule has 0 bridgehead atoms. The molecule has 5 aliphatic rings. The van der Waals surface area contributed by atoms with Crippen LogP contribution in [0.1, 0.15) is 203 Å². The van der Waals surface area contributed by atoms with Crippen LogP contribution in [-0.2, 0) is 29.9 Å². The molecule has 0 radical (unpaired) electrons. The van der Waals surface area contributed by atoms with Gasteiger partial charge in [0.05, 0.1) is 81.2 Å². The van der Waals surface area contributed by atoms with Crippen LogP contribution in [0, 0.1) is 20.8 Å². The van der Waals surface area contributed by atoms with E-state index in [-0.39, 0.29) is 48.1 Å². The van der Waals surface area contributed by atoms with Gasteiger partial charge >= 0.3 is 0 Å². The van der Waals surface area contributed by atoms with E-state index in [2.05, 4.69) is 195 Å². The number of sulfonamides is 2. The summed E-state index contributed by atoms with van der Waals surface area (Å²) in [5.41, 5.74) is 11.0. The van der Waals surface area contributed by atoms with Gasteiger partial charge in [0.15, 0.2) is 27.3 Å². The summed E-state index contributed by atoms with van der Waals surface area (Å²) in [6.07, 6.45) is 20.6. The zero-order valence-electron chi connectivity index (χ0n) is 78.8. The number of aromatic nitrogens is 6. The molecule has 27 nitrogen and oxygen atoms in total. The van der Waals surface area contributed by atoms with Crippen LogP contribution in [0.4, 0.5) is 69.4 Å². The number of sulfone groups is 1. The Hall–Kier alpha value is -8.76. The molecule has 3 atom stereocenters. The molecule has 704 valence electrons. The van der Waals surface area contributed by atoms with Crippen molar-refractivity contribution in [3.8, 4) is 17.2 Å². The van der Waals surface area contributed by atoms with Gasteiger partial charge in [-0.25, -0.2) is 40.2 Å². The van der Waals surface area contributed by atoms with Crippen LogP contribution < -0.4 is 46.1 Å². The third kappa shape index (κ3) is 25.0. The lowest BCUT2D eigenvalue weighted by Crippen LogP contribution is -2.45. The van der Waals surface area contributed by atoms with Crippen molar-refractivity contribution < 1.29 is 39.5 Å². The van der Waals surface area contributed by atoms with Crippen LogP contribution in [0.3, 0.4) is 0 Å². The summed E-state index contributed by atoms with van der Waals surface area (Å²) in [5.74, 6) is 5.46. The standard InChI is InChI=1S/C33H47ClN6O3S.2C32H43ClN6O3S/c1-20(2)43-30-18-25(24-15-14-23(39(6)7)17-29(24)40(8)9)22(5)16-28(30)37-33-35-19-26(34)32(38-33)36-27-12-10-11-13-31(27)44(41,42)21(3)4;2*1-21(2)42-29-19-25(23-12-14-24(15-13-23)38(4)5)22(3)18-28(29)36-32-34-20-26(33)31(37-32)35-27-10-6-7-11-30(27)43(40,41)39-16-8-9-17-39/h10-13,16,18-21,23-24,29H,14-15,17H2,1-9H3,(H2,35,36,37,38);2*6-7,10-11,18-21,23-24H,8-9,12-17H2,1-5H3,(H2,34,35,36,37)/t23-,24+,29-;;/m0../s1. The molecule has 5 heterocycles. The van der Waals surface area contributed by atoms with Crippen molar-refractivity contribution in [3.05, 3.63) is 176 Å². The third-order valence-corrected chi connectivity index (χ3v) is 32.1. The quantitative estimate of drug-likeness (QED) is 0.0235. The molecule has 0 spiro atoms. The maximum absolute atomic E-state index is 13.4. The molecule has 3 aromatic heterocycles. The van der Waals surface area contributed by atoms with Crippen LogP contribution in [0.25, 0.3) is 0 Å². The second-order valence-electron chi connectivity index (χ2n) is 36.8. The average molecular weight is 1900 g/mol. The van der Waals surface area contributed by atoms with Crippen molar-refractivity contribution in [3.63, 3.8) is 0 Å². The van der Waals surface area contributed by atoms with E-state index in [0.29, 0.717) is 120 Å². The number of nitrogens with one attached hydrogen (secondary N) is 6. The Kier molecular flexibility index (Phi) is 34.2. The highest BCUT2D eigenvalue weighted by molar-refractivity contribution is 7.92. The molecule has 0 amide bonds. The van der Waals surface area contributed by atoms with Crippen molar-refractivity contribution in [1.29, 1.82) is 0 Å². The highest BCUT2D eigenvalue weighted by atomic mass is 35.5. The number of hydrogen-bond donors (Lipinski definition) is 6. The SMILES string of the molecule is Cc1cc(Nc2ncc(Cl)c(Nc3ccccc3S(=O)(=O)C(C)C)n2)c(OC(C)C)cc1[C@H]1CC[C@H](N(C)C)C[C@@H]1N(C)C.Cc1cc(Nc2ncc(Cl)c(Nc3ccccc3S(=O)(=O)N3CCCC3)n2)c(OC(C)C)cc1C1CCC(N(C)C)CC1.Cc1cc(Nc2ncc(Cl)c(Nc3ccccc3S(=O)(=O)N3CCCC3)n2)c(OC(C)C)cc1C1CCC(N(C)C)CC1. The van der Waals surface area contributed by atoms with Crippen molar-refractivity contribution in [2.45, 2.75) is 253 Å². The smallest absolute Gasteiger partial charge is 0.245 e. The maximum atomic E-state index is 13.4. The van der Waals surface area contributed by atoms with Gasteiger partial charge in [0.25, 0.3) is 0 Å². The van der Waals surface area contributed by atoms with Crippen molar-refractivity contribution in [2.24, 2.45) is 0 Å². The fourth-order valence-electron chi connectivity index (χ4n) is 18.2. The third-order valence-electron chi connectivity index (χ3n) is 25.2. The highest BCUT2D eigenvalue weighted by Crippen LogP contribution is 2.47. The molecule has 14 rings (SSSR count). The molecule has 130 heavy (non-hydrogen) atoms. The lowest BCUT2D eigenvalue weighted by Gasteiger charge is -2.42. The molecule has 9 aromatic rings. The average Bonchev–Trinajstić information content (AvgIpc) is 1.55. The molecular weight excluding hydrogens is 1760 g/mol. The van der Waals surface area contributed by atoms with E-state index >= 15 is 0 Å². The summed E-state index contributed by atoms with van der Waals surface area (Å²) in [4.78, 5) is 37.1. The number of likely N-dealkylation sites (N-methyl/N-ethyl adjacent to an activating group) is 1. The molecule has 3 saturated carbocycles. The van der Waals surface area contributed by atoms with E-state index in [9.17, 15) is 25.3 Å². The summed E-state index contributed by atoms with van der Waals surface area (Å²) in [5, 5.41) is 19.7. The lowest BCUT2D eigenvalue weighted by molar-refractivity contribution is 0.126. The van der Waals surface area contributed by atoms with Crippen molar-refractivity contribution >= 4 is 134 Å². The van der Waals surface area contributed by atoms with Crippen LogP contribution >= 0.6 is 34.8 Å². The Morgan fingerprint density at radius 1 is 0.377 bits per heavy atom. The van der Waals surface area contributed by atoms with Crippen LogP contribution in [0.5, 0.6) is 17.2 Å². The summed E-state index contributed by atoms with van der Waals surface area (Å²) in [6.45, 7) is 23.9. The molecule has 5 fully saturated rings. The molecular formula is C97H133Cl3N18O9S3. The Bertz CT molecular complexity index is 5500. The summed E-state index contributed by atoms with van der Waals surface area (Å²) in [6, 6.07) is 35.5. The number of ether oxygens (including phenoxy) is 3. The predicted molar refractivity (Wildman–Crippen MR) is 528 cm³/mol. The van der Waals surface area contributed by atoms with Gasteiger partial charge in [-0.2, -0.15) is 23.6 Å². The fourth-order valence-corrected chi connectivity index (χ4v) is 23.1. The molecule has 6 N–H and O–H groups in total. The Balaban J connectivity index is 0.000000176. The zero-order valence-corrected chi connectivity index (χ0v) is 83.5. The number of rotatable bonds is 31. The van der Waals surface area contributed by atoms with Gasteiger partial charge in [-0.05, 0) is 353 Å². The monoisotopic (exact) mass is 1890 g/mol. The van der Waals surface area contributed by atoms with E-state index in [1.807, 2.05) is 41.5 Å². The van der Waals surface area contributed by atoms with E-state index in [0.717, 1.165) is 105 Å². The first-order chi connectivity index (χ1) is 61.7. The van der Waals surface area contributed by atoms with E-state index in [4.69, 9.17) is 49.0 Å². The number of anilines is 12. The number of nitrogens with zero attached hydrogens (tertiary/aromatic N) is 12. The lowest BCUT2D eigenvalue weighted by atomic mass is 9.75. The molecule has 33 heteroatoms. The first-order valence-electron chi connectivity index (χ1n) is 45.5. The first-order valence-corrected chi connectivity index (χ1v) is 51.1. The minimum Gasteiger partial charge on any atom is -0.489 e. The van der Waals surface area contributed by atoms with Gasteiger partial charge in [-0.3, -0.25) is 0 Å². The molecule has 0 unspecified atom stereocenters. The second kappa shape index (κ2) is 44.4. The Morgan fingerprint density at radius 2 is 0.685 bits per heavy atom. The van der Waals surface area contributed by atoms with Gasteiger partial charge in [-0.15, -0.1) is 0 Å². The van der Waals surface area contributed by atoms with Gasteiger partial charge < -0.3 is 65.7 Å². The first kappa shape index (κ1) is 100. The zero-order chi connectivity index (χ0) is 93.8. The topological polar surface area (TPSA) is 299 Å². The number of aryl methyl sites for hydroxylation is 3. The predicted octanol–water partition coefficient (Wildman–Crippen LogP) is 21.2. The minimum atomic E-state index is -3.65. The van der Waals surface area contributed by atoms with Gasteiger partial charge in [-0.1, -0.05) is 71.2 Å². The molecule has 2 saturated heterocycles. The van der Waals surface area contributed by atoms with Crippen molar-refractivity contribution in [2.75, 3.05) is 114 Å². The Labute approximate surface area is 786 Å². The van der Waals surface area contributed by atoms with Crippen LogP contribution in [-0.4, -0.2) is 214 Å². The minimum absolute atomic E-state index is 0.0157. The second-order valence-corrected chi connectivity index (χ2v) is 44.4. The van der Waals surface area contributed by atoms with E-state index in [1.54, 1.807) is 86.6 Å². The Morgan fingerprint density at radius 3 is 1.01 bits per heavy atom. The number of benzene rings is 6. The summed E-state index contributed by atoms with van der Waals surface area (Å²) < 4.78 is 101. The van der Waals surface area contributed by atoms with Crippen LogP contribution in [0.2, 0.25) is 15.1 Å². The van der Waals surface area contributed by atoms with Gasteiger partial charge in [0.1, 0.15) is 42.1 Å². The number of halogens is 3. The van der Waals surface area contributed by atoms with E-state index < -0.39 is 35.1 Å². The van der Waals surface area contributed by atoms with Gasteiger partial charge in [0, 0.05) is 50.3 Å².